The average molecular weight is 188 g/mol. The molecule has 1 N–H and O–H groups in total. The highest BCUT2D eigenvalue weighted by atomic mass is 16.2. The van der Waals surface area contributed by atoms with E-state index in [0.29, 0.717) is 5.56 Å². The van der Waals surface area contributed by atoms with E-state index < -0.39 is 0 Å². The monoisotopic (exact) mass is 188 g/mol. The van der Waals surface area contributed by atoms with Crippen LogP contribution < -0.4 is 5.43 Å². The summed E-state index contributed by atoms with van der Waals surface area (Å²) in [4.78, 5) is 11.4. The maximum atomic E-state index is 11.4. The van der Waals surface area contributed by atoms with E-state index in [4.69, 9.17) is 0 Å². The summed E-state index contributed by atoms with van der Waals surface area (Å²) in [5.41, 5.74) is 3.78. The van der Waals surface area contributed by atoms with Crippen molar-refractivity contribution in [3.63, 3.8) is 0 Å². The summed E-state index contributed by atoms with van der Waals surface area (Å²) in [7, 11) is 0. The van der Waals surface area contributed by atoms with E-state index >= 15 is 0 Å². The predicted octanol–water partition coefficient (Wildman–Crippen LogP) is 1.98. The molecule has 3 nitrogen and oxygen atoms in total. The summed E-state index contributed by atoms with van der Waals surface area (Å²) >= 11 is 0. The Morgan fingerprint density at radius 1 is 1.43 bits per heavy atom. The number of hydrogen-bond acceptors (Lipinski definition) is 2. The minimum absolute atomic E-state index is 0.219. The van der Waals surface area contributed by atoms with Crippen LogP contribution in [0.3, 0.4) is 0 Å². The van der Waals surface area contributed by atoms with Gasteiger partial charge in [-0.1, -0.05) is 24.8 Å². The number of allylic oxidation sites excluding steroid dienone is 1. The van der Waals surface area contributed by atoms with Gasteiger partial charge >= 0.3 is 0 Å². The molecule has 14 heavy (non-hydrogen) atoms. The number of carbonyl (C=O) groups is 1. The van der Waals surface area contributed by atoms with Crippen molar-refractivity contribution >= 4 is 12.1 Å². The van der Waals surface area contributed by atoms with Crippen LogP contribution in [0.2, 0.25) is 0 Å². The van der Waals surface area contributed by atoms with Gasteiger partial charge in [0.15, 0.2) is 0 Å². The fourth-order valence-electron chi connectivity index (χ4n) is 0.855. The molecule has 1 rings (SSSR count). The Morgan fingerprint density at radius 3 is 2.64 bits per heavy atom. The number of hydrogen-bond donors (Lipinski definition) is 1. The standard InChI is InChI=1S/C11H12N2O/c1-9(2)8-12-13-11(14)10-6-4-3-5-7-10/h3-8H,1H2,2H3,(H,13,14). The van der Waals surface area contributed by atoms with Crippen LogP contribution in [0.4, 0.5) is 0 Å². The number of carbonyl (C=O) groups excluding carboxylic acids is 1. The molecule has 0 aromatic heterocycles. The summed E-state index contributed by atoms with van der Waals surface area (Å²) in [6, 6.07) is 8.92. The molecule has 0 aliphatic rings. The quantitative estimate of drug-likeness (QED) is 0.572. The van der Waals surface area contributed by atoms with Crippen molar-refractivity contribution in [2.45, 2.75) is 6.92 Å². The van der Waals surface area contributed by atoms with Gasteiger partial charge in [-0.25, -0.2) is 5.43 Å². The third kappa shape index (κ3) is 3.23. The highest BCUT2D eigenvalue weighted by Crippen LogP contribution is 1.97. The second-order valence-corrected chi connectivity index (χ2v) is 2.91. The number of nitrogens with zero attached hydrogens (tertiary/aromatic N) is 1. The van der Waals surface area contributed by atoms with E-state index in [1.54, 1.807) is 31.2 Å². The molecule has 0 aliphatic carbocycles. The molecule has 0 heterocycles. The van der Waals surface area contributed by atoms with E-state index in [2.05, 4.69) is 17.1 Å². The number of amides is 1. The van der Waals surface area contributed by atoms with Gasteiger partial charge in [0.25, 0.3) is 5.91 Å². The Kier molecular flexibility index (Phi) is 3.61. The molecule has 0 spiro atoms. The molecular weight excluding hydrogens is 176 g/mol. The molecule has 0 saturated heterocycles. The zero-order valence-corrected chi connectivity index (χ0v) is 8.03. The van der Waals surface area contributed by atoms with Gasteiger partial charge in [0, 0.05) is 11.8 Å². The molecule has 0 aliphatic heterocycles. The van der Waals surface area contributed by atoms with Gasteiger partial charge in [-0.05, 0) is 24.6 Å². The van der Waals surface area contributed by atoms with Crippen LogP contribution in [0.25, 0.3) is 0 Å². The molecule has 1 aromatic carbocycles. The first kappa shape index (κ1) is 10.2. The van der Waals surface area contributed by atoms with Crippen LogP contribution in [0.15, 0.2) is 47.6 Å². The Bertz CT molecular complexity index is 355. The number of rotatable bonds is 3. The van der Waals surface area contributed by atoms with Crippen molar-refractivity contribution in [3.05, 3.63) is 48.0 Å². The number of benzene rings is 1. The summed E-state index contributed by atoms with van der Waals surface area (Å²) < 4.78 is 0. The largest absolute Gasteiger partial charge is 0.271 e. The second kappa shape index (κ2) is 4.97. The van der Waals surface area contributed by atoms with Gasteiger partial charge in [-0.15, -0.1) is 0 Å². The van der Waals surface area contributed by atoms with E-state index in [1.807, 2.05) is 6.07 Å². The lowest BCUT2D eigenvalue weighted by Gasteiger charge is -1.97. The highest BCUT2D eigenvalue weighted by molar-refractivity contribution is 5.94. The Hall–Kier alpha value is -1.90. The van der Waals surface area contributed by atoms with Crippen molar-refractivity contribution in [1.29, 1.82) is 0 Å². The molecule has 1 amide bonds. The van der Waals surface area contributed by atoms with Gasteiger partial charge in [0.1, 0.15) is 0 Å². The van der Waals surface area contributed by atoms with Gasteiger partial charge in [0.2, 0.25) is 0 Å². The topological polar surface area (TPSA) is 41.5 Å². The lowest BCUT2D eigenvalue weighted by molar-refractivity contribution is 0.0955. The van der Waals surface area contributed by atoms with Crippen LogP contribution in [0, 0.1) is 0 Å². The maximum absolute atomic E-state index is 11.4. The fraction of sp³-hybridized carbons (Fsp3) is 0.0909. The lowest BCUT2D eigenvalue weighted by atomic mass is 10.2. The summed E-state index contributed by atoms with van der Waals surface area (Å²) in [6.07, 6.45) is 1.50. The summed E-state index contributed by atoms with van der Waals surface area (Å²) in [6.45, 7) is 5.43. The van der Waals surface area contributed by atoms with Gasteiger partial charge in [-0.2, -0.15) is 5.10 Å². The molecule has 0 saturated carbocycles. The molecule has 0 unspecified atom stereocenters. The zero-order chi connectivity index (χ0) is 10.4. The minimum atomic E-state index is -0.219. The molecule has 72 valence electrons. The number of nitrogens with one attached hydrogen (secondary N) is 1. The van der Waals surface area contributed by atoms with E-state index in [0.717, 1.165) is 5.57 Å². The van der Waals surface area contributed by atoms with Crippen molar-refractivity contribution in [1.82, 2.24) is 5.43 Å². The molecule has 3 heteroatoms. The lowest BCUT2D eigenvalue weighted by Crippen LogP contribution is -2.17. The smallest absolute Gasteiger partial charge is 0.267 e. The summed E-state index contributed by atoms with van der Waals surface area (Å²) in [5, 5.41) is 3.72. The van der Waals surface area contributed by atoms with Gasteiger partial charge in [-0.3, -0.25) is 4.79 Å². The number of hydrazone groups is 1. The van der Waals surface area contributed by atoms with Crippen molar-refractivity contribution in [3.8, 4) is 0 Å². The molecule has 1 aromatic rings. The SMILES string of the molecule is C=C(C)C=NNC(=O)c1ccccc1. The molecular formula is C11H12N2O. The molecule has 0 atom stereocenters. The van der Waals surface area contributed by atoms with Crippen molar-refractivity contribution < 1.29 is 4.79 Å². The average Bonchev–Trinajstić information content (AvgIpc) is 2.18. The van der Waals surface area contributed by atoms with Crippen molar-refractivity contribution in [2.24, 2.45) is 5.10 Å². The Morgan fingerprint density at radius 2 is 2.07 bits per heavy atom. The Labute approximate surface area is 83.1 Å². The first-order valence-electron chi connectivity index (χ1n) is 4.24. The predicted molar refractivity (Wildman–Crippen MR) is 57.2 cm³/mol. The van der Waals surface area contributed by atoms with E-state index in [-0.39, 0.29) is 5.91 Å². The maximum Gasteiger partial charge on any atom is 0.271 e. The third-order valence-corrected chi connectivity index (χ3v) is 1.49. The Balaban J connectivity index is 2.56. The highest BCUT2D eigenvalue weighted by Gasteiger charge is 2.00. The van der Waals surface area contributed by atoms with Gasteiger partial charge < -0.3 is 0 Å². The first-order chi connectivity index (χ1) is 6.70. The molecule has 0 bridgehead atoms. The summed E-state index contributed by atoms with van der Waals surface area (Å²) in [5.74, 6) is -0.219. The normalized spacial score (nSPS) is 10.1. The van der Waals surface area contributed by atoms with Crippen LogP contribution in [-0.2, 0) is 0 Å². The van der Waals surface area contributed by atoms with Crippen LogP contribution >= 0.6 is 0 Å². The molecule has 0 radical (unpaired) electrons. The van der Waals surface area contributed by atoms with Crippen LogP contribution in [0.1, 0.15) is 17.3 Å². The second-order valence-electron chi connectivity index (χ2n) is 2.91. The van der Waals surface area contributed by atoms with Crippen molar-refractivity contribution in [2.75, 3.05) is 0 Å². The minimum Gasteiger partial charge on any atom is -0.267 e. The van der Waals surface area contributed by atoms with E-state index in [9.17, 15) is 4.79 Å². The first-order valence-corrected chi connectivity index (χ1v) is 4.24. The fourth-order valence-corrected chi connectivity index (χ4v) is 0.855. The van der Waals surface area contributed by atoms with Gasteiger partial charge in [0.05, 0.1) is 0 Å². The van der Waals surface area contributed by atoms with Crippen LogP contribution in [0.5, 0.6) is 0 Å². The third-order valence-electron chi connectivity index (χ3n) is 1.49. The van der Waals surface area contributed by atoms with E-state index in [1.165, 1.54) is 6.21 Å². The van der Waals surface area contributed by atoms with Crippen LogP contribution in [-0.4, -0.2) is 12.1 Å². The zero-order valence-electron chi connectivity index (χ0n) is 8.03. The molecule has 0 fully saturated rings.